The average molecular weight is 541 g/mol. The minimum Gasteiger partial charge on any atom is -0.370 e. The van der Waals surface area contributed by atoms with Crippen molar-refractivity contribution >= 4 is 23.4 Å². The molecule has 0 bridgehead atoms. The van der Waals surface area contributed by atoms with Gasteiger partial charge in [0.25, 0.3) is 0 Å². The minimum atomic E-state index is -5.01. The van der Waals surface area contributed by atoms with Crippen molar-refractivity contribution in [3.8, 4) is 5.69 Å². The third-order valence-electron chi connectivity index (χ3n) is 6.25. The molecule has 39 heavy (non-hydrogen) atoms. The molecule has 0 spiro atoms. The Morgan fingerprint density at radius 1 is 1.13 bits per heavy atom. The molecule has 2 aromatic heterocycles. The summed E-state index contributed by atoms with van der Waals surface area (Å²) in [4.78, 5) is 26.1. The van der Waals surface area contributed by atoms with Crippen LogP contribution in [0.4, 0.5) is 35.0 Å². The molecule has 1 aliphatic heterocycles. The van der Waals surface area contributed by atoms with Gasteiger partial charge in [-0.2, -0.15) is 23.3 Å². The van der Waals surface area contributed by atoms with Gasteiger partial charge in [-0.05, 0) is 37.6 Å². The van der Waals surface area contributed by atoms with E-state index in [2.05, 4.69) is 30.7 Å². The summed E-state index contributed by atoms with van der Waals surface area (Å²) in [6, 6.07) is 13.3. The van der Waals surface area contributed by atoms with Crippen LogP contribution in [0.2, 0.25) is 0 Å². The number of anilines is 3. The van der Waals surface area contributed by atoms with Crippen LogP contribution in [0.25, 0.3) is 5.69 Å². The van der Waals surface area contributed by atoms with Crippen LogP contribution in [0.5, 0.6) is 0 Å². The topological polar surface area (TPSA) is 101 Å². The molecule has 0 aliphatic carbocycles. The van der Waals surface area contributed by atoms with Gasteiger partial charge in [0.1, 0.15) is 23.7 Å². The van der Waals surface area contributed by atoms with Gasteiger partial charge in [-0.25, -0.2) is 19.0 Å². The lowest BCUT2D eigenvalue weighted by Crippen LogP contribution is -2.45. The Hall–Kier alpha value is -4.55. The van der Waals surface area contributed by atoms with Crippen LogP contribution in [0.1, 0.15) is 35.5 Å². The van der Waals surface area contributed by atoms with Crippen LogP contribution in [0.3, 0.4) is 0 Å². The van der Waals surface area contributed by atoms with E-state index in [-0.39, 0.29) is 24.7 Å². The lowest BCUT2D eigenvalue weighted by molar-refractivity contribution is -0.186. The van der Waals surface area contributed by atoms with Crippen molar-refractivity contribution < 1.29 is 22.4 Å². The molecule has 2 aromatic carbocycles. The van der Waals surface area contributed by atoms with Crippen molar-refractivity contribution in [2.24, 2.45) is 0 Å². The van der Waals surface area contributed by atoms with E-state index >= 15 is 0 Å². The predicted molar refractivity (Wildman–Crippen MR) is 135 cm³/mol. The molecule has 13 heteroatoms. The van der Waals surface area contributed by atoms with Gasteiger partial charge in [0.15, 0.2) is 5.82 Å². The fraction of sp³-hybridized carbons (Fsp3) is 0.269. The number of alkyl halides is 3. The highest BCUT2D eigenvalue weighted by Gasteiger charge is 2.45. The molecule has 1 atom stereocenters. The van der Waals surface area contributed by atoms with E-state index in [4.69, 9.17) is 0 Å². The third kappa shape index (κ3) is 5.38. The number of nitrogens with zero attached hydrogens (tertiary/aromatic N) is 6. The van der Waals surface area contributed by atoms with Gasteiger partial charge in [-0.15, -0.1) is 0 Å². The second-order valence-corrected chi connectivity index (χ2v) is 8.96. The number of aromatic nitrogens is 5. The number of halogens is 4. The largest absolute Gasteiger partial charge is 0.471 e. The van der Waals surface area contributed by atoms with Crippen LogP contribution in [-0.2, 0) is 11.3 Å². The number of carbonyl (C=O) groups excluding carboxylic acids is 1. The van der Waals surface area contributed by atoms with E-state index in [1.165, 1.54) is 23.1 Å². The van der Waals surface area contributed by atoms with Gasteiger partial charge in [-0.3, -0.25) is 4.79 Å². The molecule has 0 radical (unpaired) electrons. The van der Waals surface area contributed by atoms with E-state index in [0.29, 0.717) is 40.7 Å². The standard InChI is InChI=1S/C26H24F4N8O/c1-3-31-23-19-13-37(24(39)26(28,29)30)12-18(16-7-5-4-6-8-16)22(19)34-25(35-23)33-17-9-10-21(20(27)11-17)38-14-32-15(2)36-38/h4-11,14,18H,3,12-13H2,1-2H3,(H2,31,33,34,35). The van der Waals surface area contributed by atoms with E-state index in [1.54, 1.807) is 43.3 Å². The first-order valence-electron chi connectivity index (χ1n) is 12.1. The van der Waals surface area contributed by atoms with Crippen LogP contribution in [0, 0.1) is 12.7 Å². The average Bonchev–Trinajstić information content (AvgIpc) is 3.34. The predicted octanol–water partition coefficient (Wildman–Crippen LogP) is 4.72. The number of nitrogens with one attached hydrogen (secondary N) is 2. The molecular formula is C26H24F4N8O. The second kappa shape index (κ2) is 10.3. The van der Waals surface area contributed by atoms with Gasteiger partial charge in [-0.1, -0.05) is 30.3 Å². The summed E-state index contributed by atoms with van der Waals surface area (Å²) in [5, 5.41) is 10.2. The Kier molecular flexibility index (Phi) is 6.89. The Labute approximate surface area is 220 Å². The molecule has 0 saturated carbocycles. The Morgan fingerprint density at radius 3 is 2.54 bits per heavy atom. The smallest absolute Gasteiger partial charge is 0.370 e. The summed E-state index contributed by atoms with van der Waals surface area (Å²) in [6.07, 6.45) is -3.60. The summed E-state index contributed by atoms with van der Waals surface area (Å²) in [7, 11) is 0. The zero-order chi connectivity index (χ0) is 27.7. The zero-order valence-corrected chi connectivity index (χ0v) is 21.0. The van der Waals surface area contributed by atoms with Crippen LogP contribution in [0.15, 0.2) is 54.9 Å². The highest BCUT2D eigenvalue weighted by molar-refractivity contribution is 5.82. The fourth-order valence-electron chi connectivity index (χ4n) is 4.52. The first-order valence-corrected chi connectivity index (χ1v) is 12.1. The normalized spacial score (nSPS) is 15.1. The van der Waals surface area contributed by atoms with E-state index in [1.807, 2.05) is 6.92 Å². The highest BCUT2D eigenvalue weighted by atomic mass is 19.4. The SMILES string of the molecule is CCNc1nc(Nc2ccc(-n3cnc(C)n3)c(F)c2)nc2c1CN(C(=O)C(F)(F)F)CC2c1ccccc1. The maximum Gasteiger partial charge on any atom is 0.471 e. The quantitative estimate of drug-likeness (QED) is 0.342. The molecular weight excluding hydrogens is 516 g/mol. The summed E-state index contributed by atoms with van der Waals surface area (Å²) in [5.74, 6) is -2.20. The monoisotopic (exact) mass is 540 g/mol. The number of amides is 1. The van der Waals surface area contributed by atoms with Crippen molar-refractivity contribution in [2.45, 2.75) is 32.5 Å². The van der Waals surface area contributed by atoms with Crippen LogP contribution < -0.4 is 10.6 Å². The minimum absolute atomic E-state index is 0.130. The van der Waals surface area contributed by atoms with Gasteiger partial charge < -0.3 is 15.5 Å². The van der Waals surface area contributed by atoms with E-state index in [9.17, 15) is 22.4 Å². The molecule has 5 rings (SSSR count). The lowest BCUT2D eigenvalue weighted by Gasteiger charge is -2.35. The number of benzene rings is 2. The van der Waals surface area contributed by atoms with Crippen molar-refractivity contribution in [3.05, 3.63) is 83.3 Å². The number of fused-ring (bicyclic) bond motifs is 1. The Morgan fingerprint density at radius 2 is 1.90 bits per heavy atom. The second-order valence-electron chi connectivity index (χ2n) is 8.96. The molecule has 4 aromatic rings. The molecule has 2 N–H and O–H groups in total. The van der Waals surface area contributed by atoms with Crippen LogP contribution >= 0.6 is 0 Å². The van der Waals surface area contributed by atoms with E-state index < -0.39 is 23.8 Å². The maximum atomic E-state index is 14.9. The molecule has 202 valence electrons. The van der Waals surface area contributed by atoms with Crippen LogP contribution in [-0.4, -0.2) is 54.8 Å². The molecule has 3 heterocycles. The molecule has 1 unspecified atom stereocenters. The summed E-state index contributed by atoms with van der Waals surface area (Å²) < 4.78 is 56.4. The summed E-state index contributed by atoms with van der Waals surface area (Å²) in [5.41, 5.74) is 2.14. The first-order chi connectivity index (χ1) is 18.6. The van der Waals surface area contributed by atoms with Gasteiger partial charge in [0, 0.05) is 30.3 Å². The van der Waals surface area contributed by atoms with Crippen molar-refractivity contribution in [3.63, 3.8) is 0 Å². The van der Waals surface area contributed by atoms with E-state index in [0.717, 1.165) is 4.90 Å². The van der Waals surface area contributed by atoms with Crippen molar-refractivity contribution in [1.29, 1.82) is 0 Å². The molecule has 1 aliphatic rings. The van der Waals surface area contributed by atoms with Gasteiger partial charge >= 0.3 is 12.1 Å². The first kappa shape index (κ1) is 26.1. The maximum absolute atomic E-state index is 14.9. The lowest BCUT2D eigenvalue weighted by atomic mass is 9.88. The number of hydrogen-bond donors (Lipinski definition) is 2. The zero-order valence-electron chi connectivity index (χ0n) is 21.0. The molecule has 1 amide bonds. The number of carbonyl (C=O) groups is 1. The number of rotatable bonds is 6. The number of aryl methyl sites for hydroxylation is 1. The van der Waals surface area contributed by atoms with Crippen molar-refractivity contribution in [1.82, 2.24) is 29.6 Å². The molecule has 0 saturated heterocycles. The van der Waals surface area contributed by atoms with Crippen molar-refractivity contribution in [2.75, 3.05) is 23.7 Å². The summed E-state index contributed by atoms with van der Waals surface area (Å²) >= 11 is 0. The Bertz CT molecular complexity index is 1510. The third-order valence-corrected chi connectivity index (χ3v) is 6.25. The number of hydrogen-bond acceptors (Lipinski definition) is 7. The fourth-order valence-corrected chi connectivity index (χ4v) is 4.52. The summed E-state index contributed by atoms with van der Waals surface area (Å²) in [6.45, 7) is 3.42. The molecule has 0 fully saturated rings. The van der Waals surface area contributed by atoms with Gasteiger partial charge in [0.05, 0.1) is 12.2 Å². The highest BCUT2D eigenvalue weighted by Crippen LogP contribution is 2.38. The van der Waals surface area contributed by atoms with Gasteiger partial charge in [0.2, 0.25) is 5.95 Å². The Balaban J connectivity index is 1.54. The molecule has 9 nitrogen and oxygen atoms in total.